The SMILES string of the molecule is CCC[C@@H](C)NC(=O)COc1ccc(C(=O)Oc2ccc(C(=N)N)cc2)cc1. The summed E-state index contributed by atoms with van der Waals surface area (Å²) in [5, 5.41) is 10.2. The third kappa shape index (κ3) is 6.42. The highest BCUT2D eigenvalue weighted by Crippen LogP contribution is 2.16. The van der Waals surface area contributed by atoms with Crippen molar-refractivity contribution < 1.29 is 19.1 Å². The molecule has 2 rings (SSSR count). The summed E-state index contributed by atoms with van der Waals surface area (Å²) < 4.78 is 10.7. The first-order valence-corrected chi connectivity index (χ1v) is 9.08. The number of hydrogen-bond donors (Lipinski definition) is 3. The summed E-state index contributed by atoms with van der Waals surface area (Å²) in [4.78, 5) is 24.0. The number of amides is 1. The first-order valence-electron chi connectivity index (χ1n) is 9.08. The molecule has 0 aliphatic carbocycles. The van der Waals surface area contributed by atoms with E-state index in [1.54, 1.807) is 48.5 Å². The van der Waals surface area contributed by atoms with Crippen LogP contribution in [0.2, 0.25) is 0 Å². The Morgan fingerprint density at radius 3 is 2.18 bits per heavy atom. The lowest BCUT2D eigenvalue weighted by Crippen LogP contribution is -2.35. The summed E-state index contributed by atoms with van der Waals surface area (Å²) in [6.07, 6.45) is 1.92. The summed E-state index contributed by atoms with van der Waals surface area (Å²) in [5.41, 5.74) is 6.29. The van der Waals surface area contributed by atoms with E-state index in [1.807, 2.05) is 6.92 Å². The lowest BCUT2D eigenvalue weighted by Gasteiger charge is -2.13. The van der Waals surface area contributed by atoms with Crippen LogP contribution in [0.25, 0.3) is 0 Å². The van der Waals surface area contributed by atoms with Crippen LogP contribution in [0.4, 0.5) is 0 Å². The van der Waals surface area contributed by atoms with Gasteiger partial charge in [0.25, 0.3) is 5.91 Å². The van der Waals surface area contributed by atoms with Crippen LogP contribution in [-0.2, 0) is 4.79 Å². The van der Waals surface area contributed by atoms with E-state index >= 15 is 0 Å². The van der Waals surface area contributed by atoms with Gasteiger partial charge < -0.3 is 20.5 Å². The minimum atomic E-state index is -0.520. The van der Waals surface area contributed by atoms with E-state index in [1.165, 1.54) is 0 Å². The maximum atomic E-state index is 12.2. The number of carbonyl (C=O) groups excluding carboxylic acids is 2. The Hall–Kier alpha value is -3.35. The largest absolute Gasteiger partial charge is 0.484 e. The quantitative estimate of drug-likeness (QED) is 0.267. The molecule has 0 bridgehead atoms. The van der Waals surface area contributed by atoms with E-state index in [-0.39, 0.29) is 24.4 Å². The second-order valence-corrected chi connectivity index (χ2v) is 6.40. The van der Waals surface area contributed by atoms with E-state index in [0.717, 1.165) is 12.8 Å². The van der Waals surface area contributed by atoms with Crippen LogP contribution >= 0.6 is 0 Å². The van der Waals surface area contributed by atoms with Gasteiger partial charge in [0.05, 0.1) is 5.56 Å². The van der Waals surface area contributed by atoms with Crippen LogP contribution in [0.15, 0.2) is 48.5 Å². The van der Waals surface area contributed by atoms with E-state index in [0.29, 0.717) is 22.6 Å². The van der Waals surface area contributed by atoms with Gasteiger partial charge in [-0.15, -0.1) is 0 Å². The molecule has 0 saturated heterocycles. The smallest absolute Gasteiger partial charge is 0.343 e. The Labute approximate surface area is 164 Å². The van der Waals surface area contributed by atoms with Gasteiger partial charge in [-0.05, 0) is 61.9 Å². The fourth-order valence-electron chi connectivity index (χ4n) is 2.53. The van der Waals surface area contributed by atoms with E-state index in [2.05, 4.69) is 12.2 Å². The lowest BCUT2D eigenvalue weighted by molar-refractivity contribution is -0.123. The molecular formula is C21H25N3O4. The number of amidine groups is 1. The van der Waals surface area contributed by atoms with Gasteiger partial charge in [-0.1, -0.05) is 13.3 Å². The van der Waals surface area contributed by atoms with Crippen LogP contribution in [0.5, 0.6) is 11.5 Å². The first kappa shape index (κ1) is 21.0. The normalized spacial score (nSPS) is 11.4. The van der Waals surface area contributed by atoms with E-state index in [4.69, 9.17) is 20.6 Å². The van der Waals surface area contributed by atoms with Gasteiger partial charge in [0.2, 0.25) is 0 Å². The molecule has 28 heavy (non-hydrogen) atoms. The zero-order valence-electron chi connectivity index (χ0n) is 16.0. The molecule has 0 spiro atoms. The van der Waals surface area contributed by atoms with Crippen LogP contribution < -0.4 is 20.5 Å². The fourth-order valence-corrected chi connectivity index (χ4v) is 2.53. The maximum absolute atomic E-state index is 12.2. The molecule has 0 aromatic heterocycles. The number of rotatable bonds is 9. The molecule has 0 radical (unpaired) electrons. The van der Waals surface area contributed by atoms with Crippen molar-refractivity contribution in [2.24, 2.45) is 5.73 Å². The Bertz CT molecular complexity index is 817. The molecule has 0 saturated carbocycles. The number of ether oxygens (including phenoxy) is 2. The van der Waals surface area contributed by atoms with Crippen LogP contribution in [0.1, 0.15) is 42.6 Å². The number of carbonyl (C=O) groups is 2. The van der Waals surface area contributed by atoms with Gasteiger partial charge in [-0.25, -0.2) is 4.79 Å². The molecule has 0 aliphatic rings. The predicted octanol–water partition coefficient (Wildman–Crippen LogP) is 2.87. The molecule has 0 heterocycles. The Balaban J connectivity index is 1.86. The van der Waals surface area contributed by atoms with Crippen molar-refractivity contribution >= 4 is 17.7 Å². The molecule has 4 N–H and O–H groups in total. The van der Waals surface area contributed by atoms with Gasteiger partial charge in [0.15, 0.2) is 6.61 Å². The van der Waals surface area contributed by atoms with Crippen LogP contribution in [0, 0.1) is 5.41 Å². The molecular weight excluding hydrogens is 358 g/mol. The zero-order chi connectivity index (χ0) is 20.5. The van der Waals surface area contributed by atoms with E-state index < -0.39 is 5.97 Å². The third-order valence-electron chi connectivity index (χ3n) is 3.96. The summed E-state index contributed by atoms with van der Waals surface area (Å²) in [6, 6.07) is 12.8. The Kier molecular flexibility index (Phi) is 7.56. The van der Waals surface area contributed by atoms with Crippen molar-refractivity contribution in [3.05, 3.63) is 59.7 Å². The van der Waals surface area contributed by atoms with Crippen LogP contribution in [0.3, 0.4) is 0 Å². The van der Waals surface area contributed by atoms with Crippen LogP contribution in [-0.4, -0.2) is 30.4 Å². The molecule has 0 aliphatic heterocycles. The Morgan fingerprint density at radius 2 is 1.61 bits per heavy atom. The minimum absolute atomic E-state index is 0.0537. The van der Waals surface area contributed by atoms with Crippen molar-refractivity contribution in [1.82, 2.24) is 5.32 Å². The molecule has 1 atom stereocenters. The molecule has 148 valence electrons. The van der Waals surface area contributed by atoms with E-state index in [9.17, 15) is 9.59 Å². The summed E-state index contributed by atoms with van der Waals surface area (Å²) >= 11 is 0. The molecule has 1 amide bonds. The fraction of sp³-hybridized carbons (Fsp3) is 0.286. The monoisotopic (exact) mass is 383 g/mol. The summed E-state index contributed by atoms with van der Waals surface area (Å²) in [7, 11) is 0. The van der Waals surface area contributed by atoms with Crippen molar-refractivity contribution in [2.75, 3.05) is 6.61 Å². The number of benzene rings is 2. The topological polar surface area (TPSA) is 114 Å². The van der Waals surface area contributed by atoms with Gasteiger partial charge in [-0.2, -0.15) is 0 Å². The maximum Gasteiger partial charge on any atom is 0.343 e. The number of esters is 1. The number of nitrogens with two attached hydrogens (primary N) is 1. The molecule has 7 nitrogen and oxygen atoms in total. The van der Waals surface area contributed by atoms with Crippen molar-refractivity contribution in [3.8, 4) is 11.5 Å². The summed E-state index contributed by atoms with van der Waals surface area (Å²) in [6.45, 7) is 3.93. The third-order valence-corrected chi connectivity index (χ3v) is 3.96. The second-order valence-electron chi connectivity index (χ2n) is 6.40. The Morgan fingerprint density at radius 1 is 1.04 bits per heavy atom. The average Bonchev–Trinajstić information content (AvgIpc) is 2.67. The van der Waals surface area contributed by atoms with Crippen molar-refractivity contribution in [2.45, 2.75) is 32.7 Å². The second kappa shape index (κ2) is 10.1. The zero-order valence-corrected chi connectivity index (χ0v) is 16.0. The standard InChI is InChI=1S/C21H25N3O4/c1-3-4-14(2)24-19(25)13-27-17-9-7-16(8-10-17)21(26)28-18-11-5-15(6-12-18)20(22)23/h5-12,14H,3-4,13H2,1-2H3,(H3,22,23)(H,24,25)/t14-/m1/s1. The summed E-state index contributed by atoms with van der Waals surface area (Å²) in [5.74, 6) is 0.0857. The van der Waals surface area contributed by atoms with Gasteiger partial charge in [0.1, 0.15) is 17.3 Å². The number of nitrogen functional groups attached to an aromatic ring is 1. The highest BCUT2D eigenvalue weighted by atomic mass is 16.5. The van der Waals surface area contributed by atoms with Gasteiger partial charge in [-0.3, -0.25) is 10.2 Å². The molecule has 2 aromatic rings. The highest BCUT2D eigenvalue weighted by molar-refractivity contribution is 5.95. The van der Waals surface area contributed by atoms with Gasteiger partial charge in [0, 0.05) is 11.6 Å². The molecule has 2 aromatic carbocycles. The molecule has 0 unspecified atom stereocenters. The first-order chi connectivity index (χ1) is 13.4. The average molecular weight is 383 g/mol. The number of nitrogens with one attached hydrogen (secondary N) is 2. The molecule has 7 heteroatoms. The van der Waals surface area contributed by atoms with Crippen molar-refractivity contribution in [1.29, 1.82) is 5.41 Å². The lowest BCUT2D eigenvalue weighted by atomic mass is 10.2. The molecule has 0 fully saturated rings. The highest BCUT2D eigenvalue weighted by Gasteiger charge is 2.11. The number of hydrogen-bond acceptors (Lipinski definition) is 5. The minimum Gasteiger partial charge on any atom is -0.484 e. The van der Waals surface area contributed by atoms with Gasteiger partial charge >= 0.3 is 5.97 Å². The predicted molar refractivity (Wildman–Crippen MR) is 107 cm³/mol. The van der Waals surface area contributed by atoms with Crippen molar-refractivity contribution in [3.63, 3.8) is 0 Å².